The third kappa shape index (κ3) is 2.17. The summed E-state index contributed by atoms with van der Waals surface area (Å²) in [4.78, 5) is 9.46. The predicted octanol–water partition coefficient (Wildman–Crippen LogP) is 2.76. The van der Waals surface area contributed by atoms with Crippen LogP contribution in [-0.4, -0.2) is 25.8 Å². The SMILES string of the molecule is CC[C@H](C)Nc1nc(C2CC2)nc2c(C)nn(C)c12. The Bertz CT molecular complexity index is 612. The van der Waals surface area contributed by atoms with Crippen LogP contribution in [0.5, 0.6) is 0 Å². The van der Waals surface area contributed by atoms with Crippen molar-refractivity contribution in [3.63, 3.8) is 0 Å². The van der Waals surface area contributed by atoms with Crippen molar-refractivity contribution in [2.45, 2.75) is 52.0 Å². The lowest BCUT2D eigenvalue weighted by Gasteiger charge is -2.14. The van der Waals surface area contributed by atoms with Gasteiger partial charge < -0.3 is 5.32 Å². The Morgan fingerprint density at radius 3 is 2.74 bits per heavy atom. The quantitative estimate of drug-likeness (QED) is 0.917. The van der Waals surface area contributed by atoms with Gasteiger partial charge in [-0.25, -0.2) is 9.97 Å². The van der Waals surface area contributed by atoms with Crippen molar-refractivity contribution in [1.29, 1.82) is 0 Å². The number of nitrogens with one attached hydrogen (secondary N) is 1. The highest BCUT2D eigenvalue weighted by Gasteiger charge is 2.28. The molecule has 3 rings (SSSR count). The molecule has 5 heteroatoms. The molecule has 19 heavy (non-hydrogen) atoms. The van der Waals surface area contributed by atoms with Crippen LogP contribution in [0.3, 0.4) is 0 Å². The van der Waals surface area contributed by atoms with E-state index in [1.165, 1.54) is 12.8 Å². The molecular weight excluding hydrogens is 238 g/mol. The number of fused-ring (bicyclic) bond motifs is 1. The van der Waals surface area contributed by atoms with E-state index >= 15 is 0 Å². The first-order chi connectivity index (χ1) is 9.10. The lowest BCUT2D eigenvalue weighted by atomic mass is 10.2. The Hall–Kier alpha value is -1.65. The van der Waals surface area contributed by atoms with Crippen molar-refractivity contribution in [1.82, 2.24) is 19.7 Å². The molecule has 102 valence electrons. The van der Waals surface area contributed by atoms with Crippen molar-refractivity contribution in [2.75, 3.05) is 5.32 Å². The minimum Gasteiger partial charge on any atom is -0.366 e. The molecule has 5 nitrogen and oxygen atoms in total. The van der Waals surface area contributed by atoms with E-state index in [0.29, 0.717) is 12.0 Å². The van der Waals surface area contributed by atoms with E-state index in [-0.39, 0.29) is 0 Å². The molecule has 0 spiro atoms. The van der Waals surface area contributed by atoms with Crippen LogP contribution in [0.25, 0.3) is 11.0 Å². The maximum Gasteiger partial charge on any atom is 0.156 e. The Kier molecular flexibility index (Phi) is 2.92. The van der Waals surface area contributed by atoms with Crippen LogP contribution in [0.4, 0.5) is 5.82 Å². The molecule has 2 aromatic heterocycles. The monoisotopic (exact) mass is 259 g/mol. The molecule has 2 aromatic rings. The third-order valence-corrected chi connectivity index (χ3v) is 3.81. The number of rotatable bonds is 4. The molecule has 1 saturated carbocycles. The van der Waals surface area contributed by atoms with Gasteiger partial charge in [-0.3, -0.25) is 4.68 Å². The Labute approximate surface area is 113 Å². The molecule has 1 fully saturated rings. The molecule has 0 amide bonds. The van der Waals surface area contributed by atoms with E-state index in [4.69, 9.17) is 9.97 Å². The van der Waals surface area contributed by atoms with Crippen molar-refractivity contribution in [3.8, 4) is 0 Å². The second-order valence-corrected chi connectivity index (χ2v) is 5.56. The maximum atomic E-state index is 4.74. The summed E-state index contributed by atoms with van der Waals surface area (Å²) in [6, 6.07) is 0.403. The fourth-order valence-corrected chi connectivity index (χ4v) is 2.31. The van der Waals surface area contributed by atoms with Crippen LogP contribution in [-0.2, 0) is 7.05 Å². The molecule has 0 bridgehead atoms. The van der Waals surface area contributed by atoms with Gasteiger partial charge >= 0.3 is 0 Å². The first kappa shape index (κ1) is 12.4. The Balaban J connectivity index is 2.15. The van der Waals surface area contributed by atoms with Gasteiger partial charge in [0.2, 0.25) is 0 Å². The van der Waals surface area contributed by atoms with Gasteiger partial charge in [0.05, 0.1) is 5.69 Å². The van der Waals surface area contributed by atoms with Gasteiger partial charge in [0.25, 0.3) is 0 Å². The zero-order valence-electron chi connectivity index (χ0n) is 12.1. The molecule has 0 aliphatic heterocycles. The van der Waals surface area contributed by atoms with Crippen LogP contribution >= 0.6 is 0 Å². The average molecular weight is 259 g/mol. The summed E-state index contributed by atoms with van der Waals surface area (Å²) in [6.45, 7) is 6.36. The van der Waals surface area contributed by atoms with Crippen molar-refractivity contribution < 1.29 is 0 Å². The number of aryl methyl sites for hydroxylation is 2. The molecule has 0 radical (unpaired) electrons. The summed E-state index contributed by atoms with van der Waals surface area (Å²) in [5.74, 6) is 2.47. The second kappa shape index (κ2) is 4.47. The van der Waals surface area contributed by atoms with Gasteiger partial charge in [0.15, 0.2) is 5.82 Å². The van der Waals surface area contributed by atoms with E-state index in [0.717, 1.165) is 34.8 Å². The summed E-state index contributed by atoms with van der Waals surface area (Å²) in [6.07, 6.45) is 3.50. The number of aromatic nitrogens is 4. The summed E-state index contributed by atoms with van der Waals surface area (Å²) in [5.41, 5.74) is 2.99. The highest BCUT2D eigenvalue weighted by atomic mass is 15.3. The zero-order valence-corrected chi connectivity index (χ0v) is 12.1. The van der Waals surface area contributed by atoms with Crippen LogP contribution < -0.4 is 5.32 Å². The van der Waals surface area contributed by atoms with Gasteiger partial charge in [0, 0.05) is 19.0 Å². The van der Waals surface area contributed by atoms with Crippen molar-refractivity contribution in [3.05, 3.63) is 11.5 Å². The molecule has 0 saturated heterocycles. The standard InChI is InChI=1S/C14H21N5/c1-5-8(2)15-14-12-11(9(3)18-19(12)4)16-13(17-14)10-6-7-10/h8,10H,5-7H2,1-4H3,(H,15,16,17)/t8-/m0/s1. The van der Waals surface area contributed by atoms with Gasteiger partial charge in [-0.15, -0.1) is 0 Å². The Morgan fingerprint density at radius 1 is 1.37 bits per heavy atom. The number of anilines is 1. The molecule has 1 aliphatic rings. The summed E-state index contributed by atoms with van der Waals surface area (Å²) >= 11 is 0. The summed E-state index contributed by atoms with van der Waals surface area (Å²) in [5, 5.41) is 7.98. The zero-order chi connectivity index (χ0) is 13.6. The lowest BCUT2D eigenvalue weighted by Crippen LogP contribution is -2.16. The first-order valence-electron chi connectivity index (χ1n) is 7.08. The summed E-state index contributed by atoms with van der Waals surface area (Å²) in [7, 11) is 1.96. The molecule has 1 atom stereocenters. The molecular formula is C14H21N5. The molecule has 2 heterocycles. The van der Waals surface area contributed by atoms with Gasteiger partial charge in [-0.2, -0.15) is 5.10 Å². The van der Waals surface area contributed by atoms with Crippen LogP contribution in [0.1, 0.15) is 50.5 Å². The van der Waals surface area contributed by atoms with Crippen molar-refractivity contribution >= 4 is 16.9 Å². The fraction of sp³-hybridized carbons (Fsp3) is 0.643. The van der Waals surface area contributed by atoms with Gasteiger partial charge in [-0.05, 0) is 33.1 Å². The van der Waals surface area contributed by atoms with E-state index < -0.39 is 0 Å². The summed E-state index contributed by atoms with van der Waals surface area (Å²) < 4.78 is 1.88. The van der Waals surface area contributed by atoms with Crippen LogP contribution in [0, 0.1) is 6.92 Å². The molecule has 1 N–H and O–H groups in total. The molecule has 0 aromatic carbocycles. The molecule has 1 aliphatic carbocycles. The number of hydrogen-bond acceptors (Lipinski definition) is 4. The minimum atomic E-state index is 0.403. The molecule has 0 unspecified atom stereocenters. The fourth-order valence-electron chi connectivity index (χ4n) is 2.31. The smallest absolute Gasteiger partial charge is 0.156 e. The van der Waals surface area contributed by atoms with E-state index in [9.17, 15) is 0 Å². The van der Waals surface area contributed by atoms with E-state index in [1.807, 2.05) is 18.7 Å². The van der Waals surface area contributed by atoms with Crippen LogP contribution in [0.15, 0.2) is 0 Å². The van der Waals surface area contributed by atoms with Crippen LogP contribution in [0.2, 0.25) is 0 Å². The second-order valence-electron chi connectivity index (χ2n) is 5.56. The number of hydrogen-bond donors (Lipinski definition) is 1. The Morgan fingerprint density at radius 2 is 2.11 bits per heavy atom. The van der Waals surface area contributed by atoms with E-state index in [2.05, 4.69) is 24.3 Å². The number of nitrogens with zero attached hydrogens (tertiary/aromatic N) is 4. The third-order valence-electron chi connectivity index (χ3n) is 3.81. The first-order valence-corrected chi connectivity index (χ1v) is 7.08. The normalized spacial score (nSPS) is 16.8. The average Bonchev–Trinajstić information content (AvgIpc) is 3.17. The van der Waals surface area contributed by atoms with Crippen molar-refractivity contribution in [2.24, 2.45) is 7.05 Å². The van der Waals surface area contributed by atoms with Gasteiger partial charge in [-0.1, -0.05) is 6.92 Å². The highest BCUT2D eigenvalue weighted by molar-refractivity contribution is 5.87. The maximum absolute atomic E-state index is 4.74. The topological polar surface area (TPSA) is 55.6 Å². The lowest BCUT2D eigenvalue weighted by molar-refractivity contribution is 0.749. The van der Waals surface area contributed by atoms with E-state index in [1.54, 1.807) is 0 Å². The minimum absolute atomic E-state index is 0.403. The van der Waals surface area contributed by atoms with Gasteiger partial charge in [0.1, 0.15) is 16.9 Å². The predicted molar refractivity (Wildman–Crippen MR) is 76.4 cm³/mol. The highest BCUT2D eigenvalue weighted by Crippen LogP contribution is 2.39. The largest absolute Gasteiger partial charge is 0.366 e.